The van der Waals surface area contributed by atoms with Gasteiger partial charge in [-0.1, -0.05) is 18.2 Å². The van der Waals surface area contributed by atoms with Gasteiger partial charge in [0.25, 0.3) is 0 Å². The average molecular weight is 297 g/mol. The zero-order chi connectivity index (χ0) is 13.9. The lowest BCUT2D eigenvalue weighted by atomic mass is 10.1. The third-order valence-electron chi connectivity index (χ3n) is 2.69. The Morgan fingerprint density at radius 2 is 1.95 bits per heavy atom. The quantitative estimate of drug-likeness (QED) is 0.890. The summed E-state index contributed by atoms with van der Waals surface area (Å²) in [5.74, 6) is 0. The van der Waals surface area contributed by atoms with Crippen LogP contribution in [0.3, 0.4) is 0 Å². The second kappa shape index (κ2) is 5.83. The van der Waals surface area contributed by atoms with Crippen molar-refractivity contribution in [3.63, 3.8) is 0 Å². The molecule has 0 aliphatic heterocycles. The number of aliphatic hydroxyl groups is 1. The molecule has 0 saturated carbocycles. The number of rotatable bonds is 5. The third-order valence-corrected chi connectivity index (χ3v) is 4.98. The van der Waals surface area contributed by atoms with Crippen molar-refractivity contribution in [2.75, 3.05) is 0 Å². The van der Waals surface area contributed by atoms with Crippen LogP contribution in [0, 0.1) is 0 Å². The summed E-state index contributed by atoms with van der Waals surface area (Å²) < 4.78 is 26.6. The Labute approximate surface area is 116 Å². The van der Waals surface area contributed by atoms with E-state index in [0.717, 1.165) is 4.88 Å². The van der Waals surface area contributed by atoms with E-state index in [1.165, 1.54) is 23.5 Å². The maximum atomic E-state index is 12.0. The number of aliphatic hydroxyl groups excluding tert-OH is 1. The SMILES string of the molecule is CC(O)c1ccc(S(=O)(=O)NCc2cccs2)cc1. The van der Waals surface area contributed by atoms with Gasteiger partial charge in [-0.3, -0.25) is 0 Å². The third kappa shape index (κ3) is 3.63. The molecule has 6 heteroatoms. The normalized spacial score (nSPS) is 13.4. The van der Waals surface area contributed by atoms with Gasteiger partial charge in [0.2, 0.25) is 10.0 Å². The molecule has 1 unspecified atom stereocenters. The zero-order valence-electron chi connectivity index (χ0n) is 10.4. The summed E-state index contributed by atoms with van der Waals surface area (Å²) in [5, 5.41) is 11.3. The van der Waals surface area contributed by atoms with Crippen LogP contribution in [0.25, 0.3) is 0 Å². The van der Waals surface area contributed by atoms with Crippen molar-refractivity contribution in [2.45, 2.75) is 24.5 Å². The van der Waals surface area contributed by atoms with Crippen LogP contribution < -0.4 is 4.72 Å². The summed E-state index contributed by atoms with van der Waals surface area (Å²) in [6, 6.07) is 9.99. The average Bonchev–Trinajstić information content (AvgIpc) is 2.90. The summed E-state index contributed by atoms with van der Waals surface area (Å²) in [7, 11) is -3.50. The first-order valence-electron chi connectivity index (χ1n) is 5.79. The molecule has 2 N–H and O–H groups in total. The molecule has 0 aliphatic rings. The molecule has 0 bridgehead atoms. The summed E-state index contributed by atoms with van der Waals surface area (Å²) in [6.45, 7) is 1.93. The molecule has 0 saturated heterocycles. The standard InChI is InChI=1S/C13H15NO3S2/c1-10(15)11-4-6-13(7-5-11)19(16,17)14-9-12-3-2-8-18-12/h2-8,10,14-15H,9H2,1H3. The van der Waals surface area contributed by atoms with Gasteiger partial charge in [-0.2, -0.15) is 0 Å². The van der Waals surface area contributed by atoms with Crippen molar-refractivity contribution >= 4 is 21.4 Å². The Morgan fingerprint density at radius 1 is 1.26 bits per heavy atom. The lowest BCUT2D eigenvalue weighted by Gasteiger charge is -2.08. The largest absolute Gasteiger partial charge is 0.389 e. The van der Waals surface area contributed by atoms with Gasteiger partial charge in [0.15, 0.2) is 0 Å². The van der Waals surface area contributed by atoms with E-state index < -0.39 is 16.1 Å². The monoisotopic (exact) mass is 297 g/mol. The summed E-state index contributed by atoms with van der Waals surface area (Å²) in [5.41, 5.74) is 0.692. The first kappa shape index (κ1) is 14.2. The van der Waals surface area contributed by atoms with Gasteiger partial charge >= 0.3 is 0 Å². The molecule has 19 heavy (non-hydrogen) atoms. The highest BCUT2D eigenvalue weighted by atomic mass is 32.2. The summed E-state index contributed by atoms with van der Waals surface area (Å²) in [6.07, 6.45) is -0.601. The van der Waals surface area contributed by atoms with Crippen molar-refractivity contribution in [3.05, 3.63) is 52.2 Å². The fourth-order valence-electron chi connectivity index (χ4n) is 1.59. The topological polar surface area (TPSA) is 66.4 Å². The minimum absolute atomic E-state index is 0.202. The van der Waals surface area contributed by atoms with Crippen LogP contribution in [-0.4, -0.2) is 13.5 Å². The highest BCUT2D eigenvalue weighted by molar-refractivity contribution is 7.89. The second-order valence-electron chi connectivity index (χ2n) is 4.15. The minimum atomic E-state index is -3.50. The molecule has 0 fully saturated rings. The molecule has 2 rings (SSSR count). The van der Waals surface area contributed by atoms with Gasteiger partial charge in [0.1, 0.15) is 0 Å². The van der Waals surface area contributed by atoms with Crippen molar-refractivity contribution < 1.29 is 13.5 Å². The van der Waals surface area contributed by atoms with Crippen LogP contribution in [0.4, 0.5) is 0 Å². The van der Waals surface area contributed by atoms with Crippen LogP contribution >= 0.6 is 11.3 Å². The predicted molar refractivity (Wildman–Crippen MR) is 75.4 cm³/mol. The molecule has 4 nitrogen and oxygen atoms in total. The van der Waals surface area contributed by atoms with E-state index in [0.29, 0.717) is 5.56 Å². The lowest BCUT2D eigenvalue weighted by molar-refractivity contribution is 0.199. The number of thiophene rings is 1. The van der Waals surface area contributed by atoms with Crippen LogP contribution in [-0.2, 0) is 16.6 Å². The van der Waals surface area contributed by atoms with E-state index >= 15 is 0 Å². The Balaban J connectivity index is 2.10. The van der Waals surface area contributed by atoms with Gasteiger partial charge in [0, 0.05) is 11.4 Å². The number of hydrogen-bond donors (Lipinski definition) is 2. The maximum Gasteiger partial charge on any atom is 0.240 e. The Morgan fingerprint density at radius 3 is 2.47 bits per heavy atom. The molecule has 1 heterocycles. The van der Waals surface area contributed by atoms with Gasteiger partial charge in [0.05, 0.1) is 11.0 Å². The van der Waals surface area contributed by atoms with E-state index in [9.17, 15) is 13.5 Å². The first-order valence-corrected chi connectivity index (χ1v) is 8.15. The Bertz CT molecular complexity index is 616. The Hall–Kier alpha value is -1.21. The van der Waals surface area contributed by atoms with Crippen molar-refractivity contribution in [1.29, 1.82) is 0 Å². The van der Waals surface area contributed by atoms with Crippen molar-refractivity contribution in [3.8, 4) is 0 Å². The summed E-state index contributed by atoms with van der Waals surface area (Å²) in [4.78, 5) is 1.16. The fraction of sp³-hybridized carbons (Fsp3) is 0.231. The van der Waals surface area contributed by atoms with Gasteiger partial charge in [-0.25, -0.2) is 13.1 Å². The fourth-order valence-corrected chi connectivity index (χ4v) is 3.33. The van der Waals surface area contributed by atoms with Gasteiger partial charge < -0.3 is 5.11 Å². The lowest BCUT2D eigenvalue weighted by Crippen LogP contribution is -2.22. The maximum absolute atomic E-state index is 12.0. The smallest absolute Gasteiger partial charge is 0.240 e. The molecule has 0 amide bonds. The molecule has 1 atom stereocenters. The van der Waals surface area contributed by atoms with Crippen LogP contribution in [0.1, 0.15) is 23.5 Å². The highest BCUT2D eigenvalue weighted by Gasteiger charge is 2.14. The zero-order valence-corrected chi connectivity index (χ0v) is 12.0. The second-order valence-corrected chi connectivity index (χ2v) is 6.95. The number of nitrogens with one attached hydrogen (secondary N) is 1. The van der Waals surface area contributed by atoms with Gasteiger partial charge in [-0.05, 0) is 36.1 Å². The van der Waals surface area contributed by atoms with Crippen molar-refractivity contribution in [2.24, 2.45) is 0 Å². The van der Waals surface area contributed by atoms with E-state index in [4.69, 9.17) is 0 Å². The molecule has 0 spiro atoms. The Kier molecular flexibility index (Phi) is 4.36. The first-order chi connectivity index (χ1) is 8.99. The van der Waals surface area contributed by atoms with Crippen LogP contribution in [0.15, 0.2) is 46.7 Å². The van der Waals surface area contributed by atoms with Crippen LogP contribution in [0.5, 0.6) is 0 Å². The molecular formula is C13H15NO3S2. The summed E-state index contributed by atoms with van der Waals surface area (Å²) >= 11 is 1.51. The van der Waals surface area contributed by atoms with E-state index in [1.54, 1.807) is 19.1 Å². The molecule has 0 aliphatic carbocycles. The molecule has 2 aromatic rings. The molecule has 102 valence electrons. The van der Waals surface area contributed by atoms with E-state index in [-0.39, 0.29) is 11.4 Å². The molecule has 1 aromatic heterocycles. The predicted octanol–water partition coefficient (Wildman–Crippen LogP) is 2.28. The number of hydrogen-bond acceptors (Lipinski definition) is 4. The van der Waals surface area contributed by atoms with Crippen LogP contribution in [0.2, 0.25) is 0 Å². The number of benzene rings is 1. The van der Waals surface area contributed by atoms with E-state index in [1.807, 2.05) is 17.5 Å². The number of sulfonamides is 1. The van der Waals surface area contributed by atoms with E-state index in [2.05, 4.69) is 4.72 Å². The molecule has 0 radical (unpaired) electrons. The molecular weight excluding hydrogens is 282 g/mol. The molecule has 1 aromatic carbocycles. The highest BCUT2D eigenvalue weighted by Crippen LogP contribution is 2.16. The van der Waals surface area contributed by atoms with Gasteiger partial charge in [-0.15, -0.1) is 11.3 Å². The minimum Gasteiger partial charge on any atom is -0.389 e. The van der Waals surface area contributed by atoms with Crippen molar-refractivity contribution in [1.82, 2.24) is 4.72 Å².